The second-order valence-corrected chi connectivity index (χ2v) is 5.32. The van der Waals surface area contributed by atoms with Gasteiger partial charge in [-0.2, -0.15) is 0 Å². The average Bonchev–Trinajstić information content (AvgIpc) is 2.67. The van der Waals surface area contributed by atoms with Crippen molar-refractivity contribution in [2.24, 2.45) is 5.73 Å². The first kappa shape index (κ1) is 12.2. The lowest BCUT2D eigenvalue weighted by Crippen LogP contribution is -2.43. The molecular weight excluding hydrogens is 208 g/mol. The summed E-state index contributed by atoms with van der Waals surface area (Å²) in [6, 6.07) is 3.67. The molecule has 0 unspecified atom stereocenters. The first-order chi connectivity index (χ1) is 6.93. The molecule has 0 aliphatic carbocycles. The Labute approximate surface area is 94.7 Å². The smallest absolute Gasteiger partial charge is 0.236 e. The maximum absolute atomic E-state index is 11.3. The largest absolute Gasteiger partial charge is 0.354 e. The summed E-state index contributed by atoms with van der Waals surface area (Å²) in [7, 11) is 0. The molecule has 1 aromatic heterocycles. The second-order valence-electron chi connectivity index (χ2n) is 4.37. The van der Waals surface area contributed by atoms with E-state index in [0.29, 0.717) is 6.54 Å². The first-order valence-electron chi connectivity index (χ1n) is 5.01. The fraction of sp³-hybridized carbons (Fsp3) is 0.545. The first-order valence-corrected chi connectivity index (χ1v) is 5.89. The average molecular weight is 226 g/mol. The van der Waals surface area contributed by atoms with Crippen molar-refractivity contribution in [1.29, 1.82) is 0 Å². The molecule has 0 aliphatic rings. The minimum atomic E-state index is -0.441. The summed E-state index contributed by atoms with van der Waals surface area (Å²) in [4.78, 5) is 12.6. The summed E-state index contributed by atoms with van der Waals surface area (Å²) in [6.45, 7) is 6.53. The van der Waals surface area contributed by atoms with Crippen molar-refractivity contribution in [3.63, 3.8) is 0 Å². The topological polar surface area (TPSA) is 55.1 Å². The molecule has 4 heteroatoms. The molecule has 3 nitrogen and oxygen atoms in total. The zero-order valence-electron chi connectivity index (χ0n) is 9.41. The third-order valence-electron chi connectivity index (χ3n) is 2.31. The summed E-state index contributed by atoms with van der Waals surface area (Å²) >= 11 is 1.71. The van der Waals surface area contributed by atoms with Gasteiger partial charge >= 0.3 is 0 Å². The molecule has 0 bridgehead atoms. The third-order valence-corrected chi connectivity index (χ3v) is 3.54. The number of hydrogen-bond acceptors (Lipinski definition) is 3. The number of thiophene rings is 1. The monoisotopic (exact) mass is 226 g/mol. The van der Waals surface area contributed by atoms with E-state index >= 15 is 0 Å². The quantitative estimate of drug-likeness (QED) is 0.817. The highest BCUT2D eigenvalue weighted by atomic mass is 32.1. The number of nitrogens with one attached hydrogen (secondary N) is 1. The van der Waals surface area contributed by atoms with E-state index in [0.717, 1.165) is 0 Å². The molecule has 1 heterocycles. The van der Waals surface area contributed by atoms with Gasteiger partial charge in [-0.1, -0.05) is 19.9 Å². The van der Waals surface area contributed by atoms with Crippen LogP contribution in [0.3, 0.4) is 0 Å². The summed E-state index contributed by atoms with van der Waals surface area (Å²) < 4.78 is 0. The second kappa shape index (κ2) is 4.77. The lowest BCUT2D eigenvalue weighted by molar-refractivity contribution is -0.122. The molecule has 1 aromatic rings. The van der Waals surface area contributed by atoms with E-state index < -0.39 is 6.04 Å². The van der Waals surface area contributed by atoms with Gasteiger partial charge in [-0.25, -0.2) is 0 Å². The van der Waals surface area contributed by atoms with Crippen LogP contribution in [0.2, 0.25) is 0 Å². The Kier molecular flexibility index (Phi) is 3.88. The molecule has 0 saturated heterocycles. The van der Waals surface area contributed by atoms with E-state index in [4.69, 9.17) is 5.73 Å². The van der Waals surface area contributed by atoms with Crippen molar-refractivity contribution in [3.8, 4) is 0 Å². The Balaban J connectivity index is 2.54. The molecular formula is C11H18N2OS. The molecule has 3 N–H and O–H groups in total. The molecule has 84 valence electrons. The summed E-state index contributed by atoms with van der Waals surface area (Å²) in [6.07, 6.45) is 0. The summed E-state index contributed by atoms with van der Waals surface area (Å²) in [5.74, 6) is -0.0976. The Morgan fingerprint density at radius 3 is 2.80 bits per heavy atom. The van der Waals surface area contributed by atoms with E-state index in [1.165, 1.54) is 4.88 Å². The van der Waals surface area contributed by atoms with Crippen molar-refractivity contribution in [2.45, 2.75) is 32.2 Å². The van der Waals surface area contributed by atoms with E-state index in [9.17, 15) is 4.79 Å². The number of hydrogen-bond donors (Lipinski definition) is 2. The van der Waals surface area contributed by atoms with Gasteiger partial charge in [0, 0.05) is 16.8 Å². The maximum Gasteiger partial charge on any atom is 0.236 e. The van der Waals surface area contributed by atoms with Crippen LogP contribution in [0, 0.1) is 0 Å². The van der Waals surface area contributed by atoms with Crippen LogP contribution in [0.5, 0.6) is 0 Å². The molecule has 1 rings (SSSR count). The Morgan fingerprint density at radius 1 is 1.67 bits per heavy atom. The van der Waals surface area contributed by atoms with Crippen LogP contribution in [-0.4, -0.2) is 18.5 Å². The molecule has 1 atom stereocenters. The highest BCUT2D eigenvalue weighted by molar-refractivity contribution is 7.10. The number of nitrogens with two attached hydrogens (primary N) is 1. The van der Waals surface area contributed by atoms with Gasteiger partial charge in [0.2, 0.25) is 5.91 Å². The van der Waals surface area contributed by atoms with Crippen LogP contribution < -0.4 is 11.1 Å². The zero-order valence-corrected chi connectivity index (χ0v) is 10.2. The van der Waals surface area contributed by atoms with Crippen LogP contribution in [0.15, 0.2) is 17.5 Å². The van der Waals surface area contributed by atoms with Crippen molar-refractivity contribution < 1.29 is 4.79 Å². The standard InChI is InChI=1S/C11H18N2OS/c1-8(12)10(14)13-7-11(2,3)9-5-4-6-15-9/h4-6,8H,7,12H2,1-3H3,(H,13,14)/t8-/m0/s1. The number of rotatable bonds is 4. The Hall–Kier alpha value is -0.870. The van der Waals surface area contributed by atoms with Crippen LogP contribution >= 0.6 is 11.3 Å². The van der Waals surface area contributed by atoms with Crippen molar-refractivity contribution >= 4 is 17.2 Å². The van der Waals surface area contributed by atoms with Crippen molar-refractivity contribution in [1.82, 2.24) is 5.32 Å². The highest BCUT2D eigenvalue weighted by Crippen LogP contribution is 2.26. The minimum absolute atomic E-state index is 0.0291. The number of carbonyl (C=O) groups is 1. The summed E-state index contributed by atoms with van der Waals surface area (Å²) in [5, 5.41) is 4.90. The van der Waals surface area contributed by atoms with Gasteiger partial charge in [-0.15, -0.1) is 11.3 Å². The normalized spacial score (nSPS) is 13.6. The molecule has 0 aromatic carbocycles. The molecule has 0 aliphatic heterocycles. The van der Waals surface area contributed by atoms with E-state index in [2.05, 4.69) is 25.2 Å². The molecule has 15 heavy (non-hydrogen) atoms. The van der Waals surface area contributed by atoms with E-state index in [1.807, 2.05) is 11.4 Å². The van der Waals surface area contributed by atoms with E-state index in [1.54, 1.807) is 18.3 Å². The third kappa shape index (κ3) is 3.32. The van der Waals surface area contributed by atoms with Crippen LogP contribution in [0.25, 0.3) is 0 Å². The van der Waals surface area contributed by atoms with Crippen molar-refractivity contribution in [2.75, 3.05) is 6.54 Å². The van der Waals surface area contributed by atoms with Gasteiger partial charge in [0.15, 0.2) is 0 Å². The van der Waals surface area contributed by atoms with E-state index in [-0.39, 0.29) is 11.3 Å². The van der Waals surface area contributed by atoms with Gasteiger partial charge < -0.3 is 11.1 Å². The lowest BCUT2D eigenvalue weighted by Gasteiger charge is -2.24. The zero-order chi connectivity index (χ0) is 11.5. The van der Waals surface area contributed by atoms with Gasteiger partial charge in [0.25, 0.3) is 0 Å². The predicted octanol–water partition coefficient (Wildman–Crippen LogP) is 1.49. The molecule has 1 amide bonds. The molecule has 0 radical (unpaired) electrons. The summed E-state index contributed by atoms with van der Waals surface area (Å²) in [5.41, 5.74) is 5.45. The highest BCUT2D eigenvalue weighted by Gasteiger charge is 2.22. The molecule has 0 saturated carbocycles. The number of carbonyl (C=O) groups excluding carboxylic acids is 1. The Bertz CT molecular complexity index is 317. The molecule has 0 fully saturated rings. The Morgan fingerprint density at radius 2 is 2.33 bits per heavy atom. The lowest BCUT2D eigenvalue weighted by atomic mass is 9.91. The fourth-order valence-corrected chi connectivity index (χ4v) is 2.07. The van der Waals surface area contributed by atoms with Crippen molar-refractivity contribution in [3.05, 3.63) is 22.4 Å². The predicted molar refractivity (Wildman–Crippen MR) is 64.0 cm³/mol. The van der Waals surface area contributed by atoms with Crippen LogP contribution in [0.1, 0.15) is 25.6 Å². The van der Waals surface area contributed by atoms with Crippen LogP contribution in [0.4, 0.5) is 0 Å². The van der Waals surface area contributed by atoms with Gasteiger partial charge in [-0.3, -0.25) is 4.79 Å². The number of amides is 1. The van der Waals surface area contributed by atoms with Gasteiger partial charge in [-0.05, 0) is 18.4 Å². The fourth-order valence-electron chi connectivity index (χ4n) is 1.22. The van der Waals surface area contributed by atoms with Gasteiger partial charge in [0.1, 0.15) is 0 Å². The maximum atomic E-state index is 11.3. The van der Waals surface area contributed by atoms with Gasteiger partial charge in [0.05, 0.1) is 6.04 Å². The minimum Gasteiger partial charge on any atom is -0.354 e. The van der Waals surface area contributed by atoms with Crippen LogP contribution in [-0.2, 0) is 10.2 Å². The molecule has 0 spiro atoms. The SMILES string of the molecule is C[C@H](N)C(=O)NCC(C)(C)c1cccs1.